The molecule has 1 rings (SSSR count). The van der Waals surface area contributed by atoms with Crippen molar-refractivity contribution in [3.05, 3.63) is 15.0 Å². The Bertz CT molecular complexity index is 382. The largest absolute Gasteiger partial charge is 0.444 e. The maximum Gasteiger partial charge on any atom is 0.407 e. The highest BCUT2D eigenvalue weighted by molar-refractivity contribution is 14.1. The smallest absolute Gasteiger partial charge is 0.407 e. The lowest BCUT2D eigenvalue weighted by molar-refractivity contribution is 0.0522. The van der Waals surface area contributed by atoms with Gasteiger partial charge in [-0.15, -0.1) is 0 Å². The highest BCUT2D eigenvalue weighted by atomic mass is 127. The number of hydrogen-bond donors (Lipinski definition) is 1. The summed E-state index contributed by atoms with van der Waals surface area (Å²) in [6, 6.07) is 0. The van der Waals surface area contributed by atoms with Gasteiger partial charge in [-0.3, -0.25) is 0 Å². The van der Waals surface area contributed by atoms with Crippen LogP contribution in [0.15, 0.2) is 4.52 Å². The molecule has 0 atom stereocenters. The molecule has 0 fully saturated rings. The van der Waals surface area contributed by atoms with E-state index in [4.69, 9.17) is 9.26 Å². The quantitative estimate of drug-likeness (QED) is 0.842. The van der Waals surface area contributed by atoms with Gasteiger partial charge < -0.3 is 14.6 Å². The topological polar surface area (TPSA) is 64.4 Å². The minimum absolute atomic E-state index is 0.310. The van der Waals surface area contributed by atoms with Gasteiger partial charge in [0, 0.05) is 0 Å². The summed E-state index contributed by atoms with van der Waals surface area (Å²) >= 11 is 2.13. The predicted molar refractivity (Wildman–Crippen MR) is 67.0 cm³/mol. The molecule has 0 radical (unpaired) electrons. The second-order valence-corrected chi connectivity index (χ2v) is 5.43. The summed E-state index contributed by atoms with van der Waals surface area (Å²) in [6.45, 7) is 7.58. The van der Waals surface area contributed by atoms with Crippen LogP contribution in [0.5, 0.6) is 0 Å². The Balaban J connectivity index is 2.47. The SMILES string of the molecule is Cc1onc(CNC(=O)OC(C)(C)C)c1I. The lowest BCUT2D eigenvalue weighted by Crippen LogP contribution is -2.32. The molecule has 0 spiro atoms. The van der Waals surface area contributed by atoms with Gasteiger partial charge in [-0.05, 0) is 50.3 Å². The van der Waals surface area contributed by atoms with Crippen molar-refractivity contribution in [2.24, 2.45) is 0 Å². The van der Waals surface area contributed by atoms with Gasteiger partial charge in [-0.2, -0.15) is 0 Å². The van der Waals surface area contributed by atoms with Crippen LogP contribution in [0.3, 0.4) is 0 Å². The van der Waals surface area contributed by atoms with Crippen LogP contribution in [0.4, 0.5) is 4.79 Å². The lowest BCUT2D eigenvalue weighted by atomic mass is 10.2. The van der Waals surface area contributed by atoms with Gasteiger partial charge >= 0.3 is 6.09 Å². The van der Waals surface area contributed by atoms with Gasteiger partial charge in [0.15, 0.2) is 0 Å². The van der Waals surface area contributed by atoms with Gasteiger partial charge in [0.25, 0.3) is 0 Å². The van der Waals surface area contributed by atoms with E-state index < -0.39 is 11.7 Å². The summed E-state index contributed by atoms with van der Waals surface area (Å²) in [7, 11) is 0. The molecule has 90 valence electrons. The highest BCUT2D eigenvalue weighted by Crippen LogP contribution is 2.15. The zero-order valence-electron chi connectivity index (χ0n) is 9.76. The van der Waals surface area contributed by atoms with Crippen molar-refractivity contribution in [2.75, 3.05) is 0 Å². The number of rotatable bonds is 2. The normalized spacial score (nSPS) is 11.3. The van der Waals surface area contributed by atoms with E-state index in [9.17, 15) is 4.79 Å². The maximum absolute atomic E-state index is 11.4. The van der Waals surface area contributed by atoms with Gasteiger partial charge in [0.2, 0.25) is 0 Å². The van der Waals surface area contributed by atoms with E-state index in [0.29, 0.717) is 12.2 Å². The molecule has 1 heterocycles. The van der Waals surface area contributed by atoms with Crippen LogP contribution in [0, 0.1) is 10.5 Å². The van der Waals surface area contributed by atoms with Crippen molar-refractivity contribution >= 4 is 28.7 Å². The van der Waals surface area contributed by atoms with E-state index in [1.807, 2.05) is 27.7 Å². The lowest BCUT2D eigenvalue weighted by Gasteiger charge is -2.19. The number of aromatic nitrogens is 1. The third-order valence-electron chi connectivity index (χ3n) is 1.65. The second kappa shape index (κ2) is 5.03. The Hall–Kier alpha value is -0.790. The fourth-order valence-electron chi connectivity index (χ4n) is 0.987. The zero-order valence-corrected chi connectivity index (χ0v) is 11.9. The van der Waals surface area contributed by atoms with Crippen LogP contribution >= 0.6 is 22.6 Å². The Morgan fingerprint density at radius 2 is 2.19 bits per heavy atom. The van der Waals surface area contributed by atoms with Crippen molar-refractivity contribution in [2.45, 2.75) is 39.8 Å². The molecule has 0 aromatic carbocycles. The van der Waals surface area contributed by atoms with Gasteiger partial charge in [0.05, 0.1) is 10.1 Å². The number of alkyl carbamates (subject to hydrolysis) is 1. The standard InChI is InChI=1S/C10H15IN2O3/c1-6-8(11)7(13-16-6)5-12-9(14)15-10(2,3)4/h5H2,1-4H3,(H,12,14). The third-order valence-corrected chi connectivity index (χ3v) is 3.04. The summed E-state index contributed by atoms with van der Waals surface area (Å²) in [5, 5.41) is 6.45. The molecule has 0 aliphatic carbocycles. The molecule has 1 amide bonds. The van der Waals surface area contributed by atoms with E-state index in [1.165, 1.54) is 0 Å². The first kappa shape index (κ1) is 13.3. The van der Waals surface area contributed by atoms with Gasteiger partial charge in [0.1, 0.15) is 17.1 Å². The maximum atomic E-state index is 11.4. The van der Waals surface area contributed by atoms with Crippen LogP contribution in [0.1, 0.15) is 32.2 Å². The number of ether oxygens (including phenoxy) is 1. The van der Waals surface area contributed by atoms with Gasteiger partial charge in [-0.1, -0.05) is 5.16 Å². The number of halogens is 1. The van der Waals surface area contributed by atoms with Crippen molar-refractivity contribution in [3.8, 4) is 0 Å². The molecule has 1 N–H and O–H groups in total. The van der Waals surface area contributed by atoms with E-state index in [2.05, 4.69) is 33.1 Å². The molecule has 5 nitrogen and oxygen atoms in total. The summed E-state index contributed by atoms with van der Waals surface area (Å²) in [5.41, 5.74) is 0.223. The number of amides is 1. The summed E-state index contributed by atoms with van der Waals surface area (Å²) in [5.74, 6) is 0.751. The van der Waals surface area contributed by atoms with Crippen molar-refractivity contribution in [3.63, 3.8) is 0 Å². The first-order chi connectivity index (χ1) is 7.29. The van der Waals surface area contributed by atoms with Crippen LogP contribution in [0.25, 0.3) is 0 Å². The van der Waals surface area contributed by atoms with Crippen LogP contribution in [-0.4, -0.2) is 16.9 Å². The van der Waals surface area contributed by atoms with Gasteiger partial charge in [-0.25, -0.2) is 4.79 Å². The molecule has 0 unspecified atom stereocenters. The Morgan fingerprint density at radius 1 is 1.56 bits per heavy atom. The van der Waals surface area contributed by atoms with Crippen LogP contribution in [-0.2, 0) is 11.3 Å². The molecule has 6 heteroatoms. The summed E-state index contributed by atoms with van der Waals surface area (Å²) in [6.07, 6.45) is -0.455. The number of hydrogen-bond acceptors (Lipinski definition) is 4. The molecule has 1 aromatic rings. The Kier molecular flexibility index (Phi) is 4.17. The number of nitrogens with zero attached hydrogens (tertiary/aromatic N) is 1. The minimum atomic E-state index is -0.489. The van der Waals surface area contributed by atoms with Crippen molar-refractivity contribution in [1.82, 2.24) is 10.5 Å². The number of aryl methyl sites for hydroxylation is 1. The molecular formula is C10H15IN2O3. The minimum Gasteiger partial charge on any atom is -0.444 e. The first-order valence-electron chi connectivity index (χ1n) is 4.87. The molecule has 0 saturated carbocycles. The van der Waals surface area contributed by atoms with Crippen LogP contribution in [0.2, 0.25) is 0 Å². The van der Waals surface area contributed by atoms with E-state index in [1.54, 1.807) is 0 Å². The highest BCUT2D eigenvalue weighted by Gasteiger charge is 2.17. The Morgan fingerprint density at radius 3 is 2.62 bits per heavy atom. The molecule has 0 saturated heterocycles. The van der Waals surface area contributed by atoms with E-state index in [-0.39, 0.29) is 0 Å². The van der Waals surface area contributed by atoms with Crippen LogP contribution < -0.4 is 5.32 Å². The molecule has 1 aromatic heterocycles. The fraction of sp³-hybridized carbons (Fsp3) is 0.600. The number of carbonyl (C=O) groups is 1. The average Bonchev–Trinajstić information content (AvgIpc) is 2.42. The summed E-state index contributed by atoms with van der Waals surface area (Å²) < 4.78 is 11.0. The summed E-state index contributed by atoms with van der Waals surface area (Å²) in [4.78, 5) is 11.4. The molecule has 0 aliphatic heterocycles. The number of carbonyl (C=O) groups excluding carboxylic acids is 1. The van der Waals surface area contributed by atoms with E-state index >= 15 is 0 Å². The third kappa shape index (κ3) is 3.99. The van der Waals surface area contributed by atoms with Crippen molar-refractivity contribution < 1.29 is 14.1 Å². The second-order valence-electron chi connectivity index (χ2n) is 4.35. The molecule has 0 bridgehead atoms. The molecular weight excluding hydrogens is 323 g/mol. The Labute approximate surface area is 108 Å². The zero-order chi connectivity index (χ0) is 12.3. The van der Waals surface area contributed by atoms with Crippen molar-refractivity contribution in [1.29, 1.82) is 0 Å². The number of nitrogens with one attached hydrogen (secondary N) is 1. The average molecular weight is 338 g/mol. The molecule has 16 heavy (non-hydrogen) atoms. The monoisotopic (exact) mass is 338 g/mol. The van der Waals surface area contributed by atoms with E-state index in [0.717, 1.165) is 9.33 Å². The fourth-order valence-corrected chi connectivity index (χ4v) is 1.37. The molecule has 0 aliphatic rings. The predicted octanol–water partition coefficient (Wildman–Crippen LogP) is 2.61. The first-order valence-corrected chi connectivity index (χ1v) is 5.95.